The molecule has 0 heterocycles. The number of carbonyl (C=O) groups is 1. The molecule has 2 aromatic rings. The van der Waals surface area contributed by atoms with Crippen molar-refractivity contribution in [1.29, 1.82) is 0 Å². The highest BCUT2D eigenvalue weighted by Gasteiger charge is 2.04. The van der Waals surface area contributed by atoms with Crippen LogP contribution in [0.4, 0.5) is 5.69 Å². The summed E-state index contributed by atoms with van der Waals surface area (Å²) >= 11 is 0. The highest BCUT2D eigenvalue weighted by Crippen LogP contribution is 2.16. The molecule has 0 saturated heterocycles. The van der Waals surface area contributed by atoms with Gasteiger partial charge in [-0.3, -0.25) is 4.79 Å². The van der Waals surface area contributed by atoms with Gasteiger partial charge in [0.25, 0.3) is 0 Å². The van der Waals surface area contributed by atoms with E-state index in [4.69, 9.17) is 4.74 Å². The number of ether oxygens (including phenoxy) is 1. The Morgan fingerprint density at radius 2 is 1.79 bits per heavy atom. The van der Waals surface area contributed by atoms with Gasteiger partial charge in [0, 0.05) is 12.1 Å². The number of amides is 1. The summed E-state index contributed by atoms with van der Waals surface area (Å²) in [4.78, 5) is 12.0. The molecule has 0 atom stereocenters. The van der Waals surface area contributed by atoms with E-state index in [0.717, 1.165) is 22.8 Å². The Morgan fingerprint density at radius 3 is 2.42 bits per heavy atom. The lowest BCUT2D eigenvalue weighted by molar-refractivity contribution is -0.116. The predicted octanol–water partition coefficient (Wildman–Crippen LogP) is 5.03. The van der Waals surface area contributed by atoms with Gasteiger partial charge in [-0.2, -0.15) is 0 Å². The molecule has 1 amide bonds. The minimum absolute atomic E-state index is 0.0175. The fraction of sp³-hybridized carbons (Fsp3) is 0.190. The smallest absolute Gasteiger partial charge is 0.224 e. The van der Waals surface area contributed by atoms with Crippen LogP contribution in [0, 0.1) is 6.92 Å². The number of hydrogen-bond donors (Lipinski definition) is 1. The molecule has 0 aliphatic rings. The fourth-order valence-electron chi connectivity index (χ4n) is 2.23. The van der Waals surface area contributed by atoms with E-state index in [-0.39, 0.29) is 5.91 Å². The summed E-state index contributed by atoms with van der Waals surface area (Å²) in [6.45, 7) is 7.54. The maximum Gasteiger partial charge on any atom is 0.224 e. The lowest BCUT2D eigenvalue weighted by Crippen LogP contribution is -2.12. The zero-order valence-electron chi connectivity index (χ0n) is 14.2. The van der Waals surface area contributed by atoms with Gasteiger partial charge >= 0.3 is 0 Å². The molecule has 0 unspecified atom stereocenters. The van der Waals surface area contributed by atoms with Gasteiger partial charge in [0.15, 0.2) is 0 Å². The third kappa shape index (κ3) is 5.76. The lowest BCUT2D eigenvalue weighted by atomic mass is 10.1. The van der Waals surface area contributed by atoms with Gasteiger partial charge in [-0.25, -0.2) is 0 Å². The van der Waals surface area contributed by atoms with Crippen LogP contribution in [0.25, 0.3) is 0 Å². The molecule has 0 radical (unpaired) electrons. The van der Waals surface area contributed by atoms with E-state index in [1.54, 1.807) is 6.08 Å². The van der Waals surface area contributed by atoms with Gasteiger partial charge in [-0.1, -0.05) is 42.5 Å². The quantitative estimate of drug-likeness (QED) is 0.573. The van der Waals surface area contributed by atoms with E-state index < -0.39 is 0 Å². The summed E-state index contributed by atoms with van der Waals surface area (Å²) in [7, 11) is 0. The second-order valence-corrected chi connectivity index (χ2v) is 5.67. The van der Waals surface area contributed by atoms with Crippen molar-refractivity contribution in [2.24, 2.45) is 0 Å². The highest BCUT2D eigenvalue weighted by atomic mass is 16.5. The molecule has 0 saturated carbocycles. The minimum Gasteiger partial charge on any atom is -0.462 e. The number of aryl methyl sites for hydroxylation is 2. The Balaban J connectivity index is 1.83. The van der Waals surface area contributed by atoms with Crippen LogP contribution >= 0.6 is 0 Å². The van der Waals surface area contributed by atoms with E-state index >= 15 is 0 Å². The van der Waals surface area contributed by atoms with Crippen LogP contribution in [0.5, 0.6) is 5.75 Å². The number of carbonyl (C=O) groups excluding carboxylic acids is 1. The van der Waals surface area contributed by atoms with Crippen LogP contribution < -0.4 is 10.1 Å². The van der Waals surface area contributed by atoms with Gasteiger partial charge < -0.3 is 10.1 Å². The Hall–Kier alpha value is -2.81. The van der Waals surface area contributed by atoms with Gasteiger partial charge in [0.2, 0.25) is 5.91 Å². The van der Waals surface area contributed by atoms with E-state index in [1.165, 1.54) is 5.56 Å². The molecule has 0 spiro atoms. The molecule has 3 nitrogen and oxygen atoms in total. The maximum absolute atomic E-state index is 12.0. The number of hydrogen-bond acceptors (Lipinski definition) is 2. The van der Waals surface area contributed by atoms with Crippen molar-refractivity contribution in [2.45, 2.75) is 26.7 Å². The van der Waals surface area contributed by atoms with Crippen LogP contribution in [0.2, 0.25) is 0 Å². The monoisotopic (exact) mass is 321 g/mol. The molecule has 2 rings (SSSR count). The summed E-state index contributed by atoms with van der Waals surface area (Å²) in [5.41, 5.74) is 3.11. The molecule has 24 heavy (non-hydrogen) atoms. The molecule has 0 aliphatic heterocycles. The zero-order chi connectivity index (χ0) is 17.4. The normalized spacial score (nSPS) is 11.0. The van der Waals surface area contributed by atoms with E-state index in [1.807, 2.05) is 68.5 Å². The maximum atomic E-state index is 12.0. The van der Waals surface area contributed by atoms with Crippen LogP contribution in [-0.4, -0.2) is 5.91 Å². The number of anilines is 1. The second-order valence-electron chi connectivity index (χ2n) is 5.67. The van der Waals surface area contributed by atoms with Crippen molar-refractivity contribution < 1.29 is 9.53 Å². The Kier molecular flexibility index (Phi) is 6.38. The Bertz CT molecular complexity index is 713. The zero-order valence-corrected chi connectivity index (χ0v) is 14.2. The molecular weight excluding hydrogens is 298 g/mol. The van der Waals surface area contributed by atoms with E-state index in [9.17, 15) is 4.79 Å². The average Bonchev–Trinajstić information content (AvgIpc) is 2.56. The van der Waals surface area contributed by atoms with Gasteiger partial charge in [-0.05, 0) is 56.2 Å². The van der Waals surface area contributed by atoms with Crippen molar-refractivity contribution in [2.75, 3.05) is 5.32 Å². The standard InChI is InChI=1S/C21H23NO2/c1-4-5-17(3)24-20-13-8-18(9-14-20)10-15-21(23)22-19-11-6-16(2)7-12-19/h4-9,11-14H,1,10,15H2,2-3H3,(H,22,23). The third-order valence-electron chi connectivity index (χ3n) is 3.53. The van der Waals surface area contributed by atoms with Crippen molar-refractivity contribution in [3.05, 3.63) is 84.1 Å². The SMILES string of the molecule is C=CC=C(C)Oc1ccc(CCC(=O)Nc2ccc(C)cc2)cc1. The van der Waals surface area contributed by atoms with Crippen LogP contribution in [0.1, 0.15) is 24.5 Å². The third-order valence-corrected chi connectivity index (χ3v) is 3.53. The predicted molar refractivity (Wildman–Crippen MR) is 99.2 cm³/mol. The summed E-state index contributed by atoms with van der Waals surface area (Å²) in [6.07, 6.45) is 4.64. The number of benzene rings is 2. The summed E-state index contributed by atoms with van der Waals surface area (Å²) < 4.78 is 5.63. The molecule has 0 bridgehead atoms. The van der Waals surface area contributed by atoms with Gasteiger partial charge in [0.05, 0.1) is 0 Å². The van der Waals surface area contributed by atoms with Crippen LogP contribution in [0.3, 0.4) is 0 Å². The van der Waals surface area contributed by atoms with Crippen LogP contribution in [-0.2, 0) is 11.2 Å². The first-order valence-electron chi connectivity index (χ1n) is 7.99. The highest BCUT2D eigenvalue weighted by molar-refractivity contribution is 5.90. The largest absolute Gasteiger partial charge is 0.462 e. The molecule has 1 N–H and O–H groups in total. The molecule has 0 aromatic heterocycles. The lowest BCUT2D eigenvalue weighted by Gasteiger charge is -2.08. The summed E-state index contributed by atoms with van der Waals surface area (Å²) in [5, 5.41) is 2.91. The molecular formula is C21H23NO2. The van der Waals surface area contributed by atoms with Crippen molar-refractivity contribution in [1.82, 2.24) is 0 Å². The summed E-state index contributed by atoms with van der Waals surface area (Å²) in [5.74, 6) is 1.58. The Morgan fingerprint density at radius 1 is 1.12 bits per heavy atom. The minimum atomic E-state index is 0.0175. The number of allylic oxidation sites excluding steroid dienone is 3. The molecule has 0 aliphatic carbocycles. The van der Waals surface area contributed by atoms with Crippen molar-refractivity contribution in [3.63, 3.8) is 0 Å². The molecule has 3 heteroatoms. The summed E-state index contributed by atoms with van der Waals surface area (Å²) in [6, 6.07) is 15.6. The fourth-order valence-corrected chi connectivity index (χ4v) is 2.23. The molecule has 2 aromatic carbocycles. The molecule has 0 fully saturated rings. The second kappa shape index (κ2) is 8.73. The van der Waals surface area contributed by atoms with Crippen molar-refractivity contribution >= 4 is 11.6 Å². The topological polar surface area (TPSA) is 38.3 Å². The first-order valence-corrected chi connectivity index (χ1v) is 7.99. The Labute approximate surface area is 143 Å². The van der Waals surface area contributed by atoms with Crippen molar-refractivity contribution in [3.8, 4) is 5.75 Å². The number of rotatable bonds is 7. The van der Waals surface area contributed by atoms with E-state index in [0.29, 0.717) is 12.8 Å². The average molecular weight is 321 g/mol. The van der Waals surface area contributed by atoms with Gasteiger partial charge in [-0.15, -0.1) is 0 Å². The number of nitrogens with one attached hydrogen (secondary N) is 1. The van der Waals surface area contributed by atoms with Crippen LogP contribution in [0.15, 0.2) is 73.0 Å². The first-order chi connectivity index (χ1) is 11.6. The van der Waals surface area contributed by atoms with E-state index in [2.05, 4.69) is 11.9 Å². The van der Waals surface area contributed by atoms with Gasteiger partial charge in [0.1, 0.15) is 11.5 Å². The first kappa shape index (κ1) is 17.5. The molecule has 124 valence electrons.